The van der Waals surface area contributed by atoms with Crippen molar-refractivity contribution in [2.75, 3.05) is 250 Å². The molecule has 1 saturated carbocycles. The van der Waals surface area contributed by atoms with E-state index in [9.17, 15) is 0 Å². The van der Waals surface area contributed by atoms with Crippen LogP contribution in [0, 0.1) is 0 Å². The van der Waals surface area contributed by atoms with E-state index in [1.54, 1.807) is 0 Å². The van der Waals surface area contributed by atoms with Gasteiger partial charge < -0.3 is 33.5 Å². The molecule has 12 aliphatic heterocycles. The van der Waals surface area contributed by atoms with Crippen molar-refractivity contribution in [1.82, 2.24) is 68.6 Å². The highest BCUT2D eigenvalue weighted by Gasteiger charge is 2.36. The minimum atomic E-state index is 0.521. The van der Waals surface area contributed by atoms with Gasteiger partial charge in [0, 0.05) is 250 Å². The van der Waals surface area contributed by atoms with Gasteiger partial charge in [0.25, 0.3) is 0 Å². The zero-order valence-electron chi connectivity index (χ0n) is 62.9. The zero-order valence-corrected chi connectivity index (χ0v) is 62.9. The first-order chi connectivity index (χ1) is 44.9. The van der Waals surface area contributed by atoms with Crippen LogP contribution in [0.5, 0.6) is 0 Å². The number of hydrogen-bond acceptors (Lipinski definition) is 19. The molecule has 0 N–H and O–H groups in total. The number of nitrogens with zero attached hydrogens (tertiary/aromatic N) is 14. The Bertz CT molecular complexity index is 1870. The lowest BCUT2D eigenvalue weighted by atomic mass is 10.0. The Morgan fingerprint density at radius 1 is 0.247 bits per heavy atom. The Morgan fingerprint density at radius 2 is 0.505 bits per heavy atom. The van der Waals surface area contributed by atoms with E-state index in [0.29, 0.717) is 36.3 Å². The summed E-state index contributed by atoms with van der Waals surface area (Å²) in [5, 5.41) is 0. The molecular formula is C74H148N14O5. The second kappa shape index (κ2) is 41.2. The summed E-state index contributed by atoms with van der Waals surface area (Å²) < 4.78 is 26.8. The van der Waals surface area contributed by atoms with Crippen molar-refractivity contribution < 1.29 is 23.7 Å². The summed E-state index contributed by atoms with van der Waals surface area (Å²) in [6, 6.07) is 9.74. The van der Waals surface area contributed by atoms with E-state index in [1.165, 1.54) is 247 Å². The van der Waals surface area contributed by atoms with Crippen LogP contribution in [0.25, 0.3) is 0 Å². The predicted molar refractivity (Wildman–Crippen MR) is 386 cm³/mol. The van der Waals surface area contributed by atoms with E-state index >= 15 is 0 Å². The molecule has 13 fully saturated rings. The molecule has 12 heterocycles. The fraction of sp³-hybridized carbons (Fsp3) is 1.00. The second-order valence-electron chi connectivity index (χ2n) is 31.9. The molecule has 3 unspecified atom stereocenters. The molecule has 0 bridgehead atoms. The minimum absolute atomic E-state index is 0.521. The van der Waals surface area contributed by atoms with Gasteiger partial charge in [0.15, 0.2) is 0 Å². The molecule has 0 aromatic heterocycles. The molecule has 13 rings (SSSR count). The lowest BCUT2D eigenvalue weighted by molar-refractivity contribution is -0.0815. The predicted octanol–water partition coefficient (Wildman–Crippen LogP) is 5.97. The topological polar surface area (TPSA) is 91.5 Å². The molecular weight excluding hydrogens is 1160 g/mol. The summed E-state index contributed by atoms with van der Waals surface area (Å²) in [7, 11) is 4.09. The third kappa shape index (κ3) is 25.4. The van der Waals surface area contributed by atoms with Crippen LogP contribution in [0.4, 0.5) is 0 Å². The number of piperazine rings is 6. The van der Waals surface area contributed by atoms with Crippen molar-refractivity contribution in [3.8, 4) is 0 Å². The third-order valence-corrected chi connectivity index (χ3v) is 24.3. The van der Waals surface area contributed by atoms with Gasteiger partial charge in [0.2, 0.25) is 0 Å². The monoisotopic (exact) mass is 1310 g/mol. The van der Waals surface area contributed by atoms with Crippen LogP contribution >= 0.6 is 0 Å². The minimum Gasteiger partial charge on any atom is -0.381 e. The maximum Gasteiger partial charge on any atom is 0.0645 e. The fourth-order valence-corrected chi connectivity index (χ4v) is 16.9. The van der Waals surface area contributed by atoms with Gasteiger partial charge in [-0.05, 0) is 181 Å². The molecule has 0 aromatic carbocycles. The van der Waals surface area contributed by atoms with Gasteiger partial charge in [-0.2, -0.15) is 0 Å². The lowest BCUT2D eigenvalue weighted by Gasteiger charge is -2.46. The molecule has 0 radical (unpaired) electrons. The maximum absolute atomic E-state index is 5.45. The Balaban J connectivity index is 0.000000144. The van der Waals surface area contributed by atoms with E-state index in [4.69, 9.17) is 23.7 Å². The molecule has 0 amide bonds. The molecule has 12 saturated heterocycles. The van der Waals surface area contributed by atoms with Gasteiger partial charge in [0.1, 0.15) is 0 Å². The Labute approximate surface area is 572 Å². The largest absolute Gasteiger partial charge is 0.381 e. The lowest BCUT2D eigenvalue weighted by Crippen LogP contribution is -2.59. The standard InChI is InChI=1S/C15H29N3O.C13H27N3.C13H26N2O.C12H24N2O.C11H22N2O.C10H20N2O/c1-13(2)16-5-3-14(4-6-16)17-7-9-18(10-8-17)15-11-19-12-15;1-12(2)15-8-10-16(11-9-15)13-4-6-14(3)7-5-13;1-11(2)14-6-8-15(9-7-14)12-4-5-13(10-12)16-3;1-11(2)13-5-7-14(8-6-13)12-3-9-15-10-4-12;1-10(2)12-4-6-13(7-5-12)11-3-8-14-9-11;1-9(2)11-3-5-12(6-4-11)10-7-13-8-10/h13-15H,3-12H2,1-2H3;12-13H,4-11H2,1-3H3;11-13H,4-10H2,1-3H3;11-12H,3-10H2,1-2H3;10-11H,3-9H2,1-2H3;9-10H,3-8H2,1-2H3. The van der Waals surface area contributed by atoms with Crippen molar-refractivity contribution in [3.63, 3.8) is 0 Å². The van der Waals surface area contributed by atoms with E-state index in [1.807, 2.05) is 7.11 Å². The number of methoxy groups -OCH3 is 1. The van der Waals surface area contributed by atoms with Crippen molar-refractivity contribution in [2.24, 2.45) is 0 Å². The van der Waals surface area contributed by atoms with Crippen LogP contribution in [-0.2, 0) is 23.7 Å². The smallest absolute Gasteiger partial charge is 0.0645 e. The first-order valence-corrected chi connectivity index (χ1v) is 39.1. The van der Waals surface area contributed by atoms with Crippen LogP contribution in [0.15, 0.2) is 0 Å². The van der Waals surface area contributed by atoms with E-state index in [-0.39, 0.29) is 0 Å². The van der Waals surface area contributed by atoms with Gasteiger partial charge in [-0.25, -0.2) is 0 Å². The molecule has 0 aromatic rings. The number of rotatable bonds is 14. The summed E-state index contributed by atoms with van der Waals surface area (Å²) >= 11 is 0. The Hall–Kier alpha value is -0.760. The van der Waals surface area contributed by atoms with Crippen LogP contribution < -0.4 is 0 Å². The highest BCUT2D eigenvalue weighted by molar-refractivity contribution is 4.91. The summed E-state index contributed by atoms with van der Waals surface area (Å²) in [5.74, 6) is 0. The van der Waals surface area contributed by atoms with Gasteiger partial charge in [-0.1, -0.05) is 0 Å². The van der Waals surface area contributed by atoms with E-state index in [0.717, 1.165) is 101 Å². The first-order valence-electron chi connectivity index (χ1n) is 39.1. The number of ether oxygens (including phenoxy) is 5. The van der Waals surface area contributed by atoms with Crippen LogP contribution in [0.1, 0.15) is 147 Å². The van der Waals surface area contributed by atoms with Crippen LogP contribution in [0.3, 0.4) is 0 Å². The maximum atomic E-state index is 5.45. The molecule has 13 aliphatic rings. The normalized spacial score (nSPS) is 29.7. The zero-order chi connectivity index (χ0) is 66.2. The molecule has 544 valence electrons. The van der Waals surface area contributed by atoms with Gasteiger partial charge in [0.05, 0.1) is 51.2 Å². The molecule has 19 heteroatoms. The van der Waals surface area contributed by atoms with Gasteiger partial charge in [-0.3, -0.25) is 58.8 Å². The molecule has 0 spiro atoms. The van der Waals surface area contributed by atoms with Gasteiger partial charge >= 0.3 is 0 Å². The first kappa shape index (κ1) is 78.0. The molecule has 1 aliphatic carbocycles. The highest BCUT2D eigenvalue weighted by atomic mass is 16.5. The summed E-state index contributed by atoms with van der Waals surface area (Å²) in [5.41, 5.74) is 0. The summed E-state index contributed by atoms with van der Waals surface area (Å²) in [6.07, 6.45) is 13.5. The third-order valence-electron chi connectivity index (χ3n) is 24.3. The van der Waals surface area contributed by atoms with Crippen LogP contribution in [0.2, 0.25) is 0 Å². The number of hydrogen-bond donors (Lipinski definition) is 0. The van der Waals surface area contributed by atoms with Crippen LogP contribution in [-0.4, -0.2) is 404 Å². The number of likely N-dealkylation sites (tertiary alicyclic amines) is 2. The average Bonchev–Trinajstić information content (AvgIpc) is 1.99. The second-order valence-corrected chi connectivity index (χ2v) is 31.9. The quantitative estimate of drug-likeness (QED) is 0.205. The Kier molecular flexibility index (Phi) is 34.6. The van der Waals surface area contributed by atoms with Crippen molar-refractivity contribution in [2.45, 2.75) is 232 Å². The summed E-state index contributed by atoms with van der Waals surface area (Å²) in [6.45, 7) is 70.4. The van der Waals surface area contributed by atoms with Crippen molar-refractivity contribution >= 4 is 0 Å². The van der Waals surface area contributed by atoms with Gasteiger partial charge in [-0.15, -0.1) is 0 Å². The molecule has 3 atom stereocenters. The van der Waals surface area contributed by atoms with Crippen molar-refractivity contribution in [3.05, 3.63) is 0 Å². The SMILES string of the molecule is CC(C)N1CCC(N2CCN(C3COC3)CC2)CC1.CC(C)N1CCN(C2CCN(C)CC2)CC1.CC(C)N1CCN(C2CCOC2)CC1.CC(C)N1CCN(C2CCOCC2)CC1.CC(C)N1CCN(C2COC2)CC1.COC1CCC(N2CCN(C(C)C)CC2)C1. The number of piperidine rings is 2. The highest BCUT2D eigenvalue weighted by Crippen LogP contribution is 2.28. The average molecular weight is 1310 g/mol. The van der Waals surface area contributed by atoms with E-state index < -0.39 is 0 Å². The molecule has 19 nitrogen and oxygen atoms in total. The fourth-order valence-electron chi connectivity index (χ4n) is 16.9. The Morgan fingerprint density at radius 3 is 0.796 bits per heavy atom. The van der Waals surface area contributed by atoms with E-state index in [2.05, 4.69) is 159 Å². The summed E-state index contributed by atoms with van der Waals surface area (Å²) in [4.78, 5) is 36.6. The molecule has 93 heavy (non-hydrogen) atoms. The van der Waals surface area contributed by atoms with Crippen molar-refractivity contribution in [1.29, 1.82) is 0 Å².